The zero-order chi connectivity index (χ0) is 13.0. The zero-order valence-corrected chi connectivity index (χ0v) is 10.7. The Kier molecular flexibility index (Phi) is 4.30. The minimum atomic E-state index is -0.694. The van der Waals surface area contributed by atoms with E-state index in [4.69, 9.17) is 5.11 Å². The maximum Gasteiger partial charge on any atom is 0.303 e. The molecule has 0 saturated carbocycles. The second-order valence-electron chi connectivity index (χ2n) is 5.03. The summed E-state index contributed by atoms with van der Waals surface area (Å²) >= 11 is 0. The van der Waals surface area contributed by atoms with Crippen molar-refractivity contribution in [3.8, 4) is 0 Å². The van der Waals surface area contributed by atoms with Crippen molar-refractivity contribution in [3.05, 3.63) is 12.2 Å². The highest BCUT2D eigenvalue weighted by Crippen LogP contribution is 2.21. The molecular weight excluding hydrogens is 232 g/mol. The van der Waals surface area contributed by atoms with E-state index in [0.717, 1.165) is 44.7 Å². The van der Waals surface area contributed by atoms with Gasteiger partial charge in [0.1, 0.15) is 12.2 Å². The fraction of sp³-hybridized carbons (Fsp3) is 0.750. The Morgan fingerprint density at radius 2 is 2.44 bits per heavy atom. The number of carbonyl (C=O) groups is 1. The van der Waals surface area contributed by atoms with E-state index in [-0.39, 0.29) is 6.42 Å². The van der Waals surface area contributed by atoms with Crippen LogP contribution in [0.2, 0.25) is 0 Å². The topological polar surface area (TPSA) is 71.2 Å². The minimum absolute atomic E-state index is 0.280. The van der Waals surface area contributed by atoms with Gasteiger partial charge in [0.05, 0.1) is 6.54 Å². The van der Waals surface area contributed by atoms with Crippen molar-refractivity contribution in [1.82, 2.24) is 19.7 Å². The Bertz CT molecular complexity index is 405. The third kappa shape index (κ3) is 3.53. The van der Waals surface area contributed by atoms with Gasteiger partial charge in [0.15, 0.2) is 0 Å². The number of hydrogen-bond donors (Lipinski definition) is 1. The summed E-state index contributed by atoms with van der Waals surface area (Å²) in [6.45, 7) is 2.84. The number of rotatable bonds is 5. The summed E-state index contributed by atoms with van der Waals surface area (Å²) in [7, 11) is 1.95. The molecule has 1 aliphatic rings. The molecular formula is C12H20N4O2. The molecule has 6 heteroatoms. The van der Waals surface area contributed by atoms with E-state index in [1.807, 2.05) is 11.6 Å². The number of aliphatic carboxylic acids is 1. The third-order valence-corrected chi connectivity index (χ3v) is 3.54. The van der Waals surface area contributed by atoms with Gasteiger partial charge < -0.3 is 9.67 Å². The summed E-state index contributed by atoms with van der Waals surface area (Å²) in [6, 6.07) is 0. The van der Waals surface area contributed by atoms with Gasteiger partial charge in [-0.25, -0.2) is 0 Å². The van der Waals surface area contributed by atoms with Crippen molar-refractivity contribution in [1.29, 1.82) is 0 Å². The Morgan fingerprint density at radius 1 is 1.61 bits per heavy atom. The first kappa shape index (κ1) is 13.0. The number of aromatic nitrogens is 3. The number of nitrogens with zero attached hydrogens (tertiary/aromatic N) is 4. The molecule has 0 aliphatic carbocycles. The molecule has 100 valence electrons. The fourth-order valence-electron chi connectivity index (χ4n) is 2.51. The van der Waals surface area contributed by atoms with E-state index in [2.05, 4.69) is 15.1 Å². The van der Waals surface area contributed by atoms with Crippen LogP contribution in [0, 0.1) is 5.92 Å². The second kappa shape index (κ2) is 5.95. The number of carboxylic acids is 1. The molecule has 1 aromatic heterocycles. The molecule has 1 aliphatic heterocycles. The highest BCUT2D eigenvalue weighted by Gasteiger charge is 2.21. The Hall–Kier alpha value is -1.43. The van der Waals surface area contributed by atoms with Crippen LogP contribution in [0.25, 0.3) is 0 Å². The average Bonchev–Trinajstić information content (AvgIpc) is 2.73. The monoisotopic (exact) mass is 252 g/mol. The molecule has 1 unspecified atom stereocenters. The molecule has 1 fully saturated rings. The average molecular weight is 252 g/mol. The summed E-state index contributed by atoms with van der Waals surface area (Å²) < 4.78 is 1.93. The van der Waals surface area contributed by atoms with Crippen LogP contribution in [0.4, 0.5) is 0 Å². The summed E-state index contributed by atoms with van der Waals surface area (Å²) in [5, 5.41) is 16.7. The molecule has 0 radical (unpaired) electrons. The molecule has 1 saturated heterocycles. The Labute approximate surface area is 107 Å². The van der Waals surface area contributed by atoms with Crippen molar-refractivity contribution in [2.75, 3.05) is 13.1 Å². The van der Waals surface area contributed by atoms with Crippen LogP contribution in [0.15, 0.2) is 6.33 Å². The lowest BCUT2D eigenvalue weighted by Crippen LogP contribution is -2.35. The van der Waals surface area contributed by atoms with Gasteiger partial charge >= 0.3 is 5.97 Å². The van der Waals surface area contributed by atoms with Gasteiger partial charge in [-0.3, -0.25) is 9.69 Å². The van der Waals surface area contributed by atoms with E-state index in [1.165, 1.54) is 0 Å². The van der Waals surface area contributed by atoms with Crippen LogP contribution in [0.1, 0.15) is 31.5 Å². The van der Waals surface area contributed by atoms with Crippen molar-refractivity contribution < 1.29 is 9.90 Å². The Morgan fingerprint density at radius 3 is 3.11 bits per heavy atom. The lowest BCUT2D eigenvalue weighted by atomic mass is 9.93. The van der Waals surface area contributed by atoms with E-state index in [9.17, 15) is 4.79 Å². The predicted octanol–water partition coefficient (Wildman–Crippen LogP) is 0.892. The summed E-state index contributed by atoms with van der Waals surface area (Å²) in [5.41, 5.74) is 0. The Balaban J connectivity index is 1.83. The van der Waals surface area contributed by atoms with Crippen molar-refractivity contribution in [3.63, 3.8) is 0 Å². The molecule has 0 spiro atoms. The maximum absolute atomic E-state index is 10.6. The summed E-state index contributed by atoms with van der Waals surface area (Å²) in [4.78, 5) is 12.9. The third-order valence-electron chi connectivity index (χ3n) is 3.54. The van der Waals surface area contributed by atoms with Crippen LogP contribution >= 0.6 is 0 Å². The van der Waals surface area contributed by atoms with E-state index >= 15 is 0 Å². The van der Waals surface area contributed by atoms with E-state index in [1.54, 1.807) is 6.33 Å². The molecule has 0 bridgehead atoms. The molecule has 18 heavy (non-hydrogen) atoms. The van der Waals surface area contributed by atoms with E-state index < -0.39 is 5.97 Å². The quantitative estimate of drug-likeness (QED) is 0.842. The number of hydrogen-bond acceptors (Lipinski definition) is 4. The normalized spacial score (nSPS) is 21.1. The van der Waals surface area contributed by atoms with Crippen molar-refractivity contribution in [2.24, 2.45) is 13.0 Å². The van der Waals surface area contributed by atoms with Gasteiger partial charge in [0, 0.05) is 20.0 Å². The summed E-state index contributed by atoms with van der Waals surface area (Å²) in [6.07, 6.45) is 5.05. The standard InChI is InChI=1S/C12H20N4O2/c1-15-9-13-14-11(15)8-16-6-2-3-10(7-16)4-5-12(17)18/h9-10H,2-8H2,1H3,(H,17,18). The molecule has 1 N–H and O–H groups in total. The first-order valence-corrected chi connectivity index (χ1v) is 6.42. The first-order chi connectivity index (χ1) is 8.65. The molecule has 1 aromatic rings. The SMILES string of the molecule is Cn1cnnc1CN1CCCC(CCC(=O)O)C1. The highest BCUT2D eigenvalue weighted by molar-refractivity contribution is 5.66. The number of carboxylic acid groups (broad SMARTS) is 1. The van der Waals surface area contributed by atoms with Crippen molar-refractivity contribution in [2.45, 2.75) is 32.2 Å². The van der Waals surface area contributed by atoms with Gasteiger partial charge in [-0.05, 0) is 31.7 Å². The van der Waals surface area contributed by atoms with E-state index in [0.29, 0.717) is 5.92 Å². The maximum atomic E-state index is 10.6. The molecule has 0 aromatic carbocycles. The van der Waals surface area contributed by atoms with Crippen LogP contribution in [0.5, 0.6) is 0 Å². The fourth-order valence-corrected chi connectivity index (χ4v) is 2.51. The van der Waals surface area contributed by atoms with Crippen LogP contribution in [-0.4, -0.2) is 43.8 Å². The number of aryl methyl sites for hydroxylation is 1. The lowest BCUT2D eigenvalue weighted by Gasteiger charge is -2.32. The molecule has 6 nitrogen and oxygen atoms in total. The van der Waals surface area contributed by atoms with Gasteiger partial charge in [0.2, 0.25) is 0 Å². The number of likely N-dealkylation sites (tertiary alicyclic amines) is 1. The van der Waals surface area contributed by atoms with Gasteiger partial charge in [-0.15, -0.1) is 10.2 Å². The molecule has 1 atom stereocenters. The van der Waals surface area contributed by atoms with Crippen LogP contribution in [0.3, 0.4) is 0 Å². The molecule has 2 rings (SSSR count). The van der Waals surface area contributed by atoms with Crippen molar-refractivity contribution >= 4 is 5.97 Å². The highest BCUT2D eigenvalue weighted by atomic mass is 16.4. The smallest absolute Gasteiger partial charge is 0.303 e. The molecule has 2 heterocycles. The molecule has 0 amide bonds. The summed E-state index contributed by atoms with van der Waals surface area (Å²) in [5.74, 6) is 0.775. The minimum Gasteiger partial charge on any atom is -0.481 e. The van der Waals surface area contributed by atoms with Gasteiger partial charge in [-0.2, -0.15) is 0 Å². The first-order valence-electron chi connectivity index (χ1n) is 6.42. The van der Waals surface area contributed by atoms with Gasteiger partial charge in [-0.1, -0.05) is 0 Å². The van der Waals surface area contributed by atoms with Gasteiger partial charge in [0.25, 0.3) is 0 Å². The predicted molar refractivity (Wildman–Crippen MR) is 65.9 cm³/mol. The lowest BCUT2D eigenvalue weighted by molar-refractivity contribution is -0.137. The second-order valence-corrected chi connectivity index (χ2v) is 5.03. The number of piperidine rings is 1. The van der Waals surface area contributed by atoms with Crippen LogP contribution < -0.4 is 0 Å². The largest absolute Gasteiger partial charge is 0.481 e. The zero-order valence-electron chi connectivity index (χ0n) is 10.7. The van der Waals surface area contributed by atoms with Crippen LogP contribution in [-0.2, 0) is 18.4 Å².